The number of hydrogen-bond donors (Lipinski definition) is 1. The fraction of sp³-hybridized carbons (Fsp3) is 0.188. The SMILES string of the molecule is CCN(C(=O)c1cc(F)cc(Br)c1)c1cc(O)ccc1C. The molecule has 0 fully saturated rings. The smallest absolute Gasteiger partial charge is 0.258 e. The maximum atomic E-state index is 13.5. The Hall–Kier alpha value is -1.88. The molecule has 0 aliphatic carbocycles. The van der Waals surface area contributed by atoms with E-state index in [2.05, 4.69) is 15.9 Å². The number of carbonyl (C=O) groups excluding carboxylic acids is 1. The molecule has 0 saturated carbocycles. The van der Waals surface area contributed by atoms with Gasteiger partial charge in [-0.15, -0.1) is 0 Å². The first-order chi connectivity index (χ1) is 9.92. The molecular formula is C16H15BrFNO2. The zero-order valence-corrected chi connectivity index (χ0v) is 13.3. The predicted molar refractivity (Wildman–Crippen MR) is 84.3 cm³/mol. The summed E-state index contributed by atoms with van der Waals surface area (Å²) >= 11 is 3.18. The van der Waals surface area contributed by atoms with Crippen molar-refractivity contribution in [1.82, 2.24) is 0 Å². The van der Waals surface area contributed by atoms with Gasteiger partial charge in [-0.3, -0.25) is 4.79 Å². The van der Waals surface area contributed by atoms with Crippen molar-refractivity contribution in [2.24, 2.45) is 0 Å². The van der Waals surface area contributed by atoms with Gasteiger partial charge >= 0.3 is 0 Å². The van der Waals surface area contributed by atoms with Crippen molar-refractivity contribution in [2.45, 2.75) is 13.8 Å². The summed E-state index contributed by atoms with van der Waals surface area (Å²) in [6, 6.07) is 8.91. The van der Waals surface area contributed by atoms with Gasteiger partial charge in [0.2, 0.25) is 0 Å². The van der Waals surface area contributed by atoms with Crippen LogP contribution in [0.1, 0.15) is 22.8 Å². The van der Waals surface area contributed by atoms with Crippen molar-refractivity contribution in [3.63, 3.8) is 0 Å². The Morgan fingerprint density at radius 1 is 1.29 bits per heavy atom. The Morgan fingerprint density at radius 3 is 2.62 bits per heavy atom. The molecule has 2 aromatic carbocycles. The number of carbonyl (C=O) groups is 1. The Balaban J connectivity index is 2.45. The van der Waals surface area contributed by atoms with E-state index in [1.54, 1.807) is 18.2 Å². The van der Waals surface area contributed by atoms with Crippen molar-refractivity contribution >= 4 is 27.5 Å². The highest BCUT2D eigenvalue weighted by Crippen LogP contribution is 2.27. The van der Waals surface area contributed by atoms with E-state index in [9.17, 15) is 14.3 Å². The summed E-state index contributed by atoms with van der Waals surface area (Å²) in [4.78, 5) is 14.1. The third kappa shape index (κ3) is 3.42. The summed E-state index contributed by atoms with van der Waals surface area (Å²) in [5.74, 6) is -0.704. The monoisotopic (exact) mass is 351 g/mol. The molecule has 5 heteroatoms. The fourth-order valence-corrected chi connectivity index (χ4v) is 2.61. The number of halogens is 2. The minimum absolute atomic E-state index is 0.0854. The first kappa shape index (κ1) is 15.5. The van der Waals surface area contributed by atoms with Crippen molar-refractivity contribution in [3.8, 4) is 5.75 Å². The lowest BCUT2D eigenvalue weighted by Crippen LogP contribution is -2.31. The number of phenols is 1. The zero-order valence-electron chi connectivity index (χ0n) is 11.7. The average Bonchev–Trinajstić information content (AvgIpc) is 2.42. The van der Waals surface area contributed by atoms with Crippen LogP contribution in [-0.2, 0) is 0 Å². The van der Waals surface area contributed by atoms with Crippen LogP contribution in [0.3, 0.4) is 0 Å². The number of rotatable bonds is 3. The van der Waals surface area contributed by atoms with Gasteiger partial charge in [-0.1, -0.05) is 22.0 Å². The largest absolute Gasteiger partial charge is 0.508 e. The van der Waals surface area contributed by atoms with Crippen LogP contribution in [0.5, 0.6) is 5.75 Å². The average molecular weight is 352 g/mol. The van der Waals surface area contributed by atoms with E-state index >= 15 is 0 Å². The van der Waals surface area contributed by atoms with Gasteiger partial charge in [0.15, 0.2) is 0 Å². The molecule has 110 valence electrons. The maximum Gasteiger partial charge on any atom is 0.258 e. The summed E-state index contributed by atoms with van der Waals surface area (Å²) < 4.78 is 14.0. The fourth-order valence-electron chi connectivity index (χ4n) is 2.15. The number of hydrogen-bond acceptors (Lipinski definition) is 2. The molecule has 0 atom stereocenters. The molecular weight excluding hydrogens is 337 g/mol. The predicted octanol–water partition coefficient (Wildman–Crippen LogP) is 4.27. The van der Waals surface area contributed by atoms with Crippen LogP contribution in [0, 0.1) is 12.7 Å². The lowest BCUT2D eigenvalue weighted by molar-refractivity contribution is 0.0987. The number of aryl methyl sites for hydroxylation is 1. The highest BCUT2D eigenvalue weighted by molar-refractivity contribution is 9.10. The van der Waals surface area contributed by atoms with E-state index in [-0.39, 0.29) is 17.2 Å². The van der Waals surface area contributed by atoms with Crippen molar-refractivity contribution in [3.05, 3.63) is 57.8 Å². The highest BCUT2D eigenvalue weighted by atomic mass is 79.9. The second kappa shape index (κ2) is 6.26. The third-order valence-corrected chi connectivity index (χ3v) is 3.61. The summed E-state index contributed by atoms with van der Waals surface area (Å²) in [6.07, 6.45) is 0. The molecule has 0 heterocycles. The molecule has 0 unspecified atom stereocenters. The molecule has 0 radical (unpaired) electrons. The van der Waals surface area contributed by atoms with Gasteiger partial charge < -0.3 is 10.0 Å². The van der Waals surface area contributed by atoms with Gasteiger partial charge in [-0.2, -0.15) is 0 Å². The molecule has 0 bridgehead atoms. The van der Waals surface area contributed by atoms with Gasteiger partial charge in [-0.25, -0.2) is 4.39 Å². The van der Waals surface area contributed by atoms with Crippen LogP contribution < -0.4 is 4.90 Å². The molecule has 2 aromatic rings. The maximum absolute atomic E-state index is 13.5. The van der Waals surface area contributed by atoms with E-state index in [1.807, 2.05) is 13.8 Å². The number of benzene rings is 2. The minimum Gasteiger partial charge on any atom is -0.508 e. The summed E-state index contributed by atoms with van der Waals surface area (Å²) in [5, 5.41) is 9.62. The first-order valence-electron chi connectivity index (χ1n) is 6.50. The van der Waals surface area contributed by atoms with Gasteiger partial charge in [0.05, 0.1) is 5.69 Å². The summed E-state index contributed by atoms with van der Waals surface area (Å²) in [5.41, 5.74) is 1.73. The van der Waals surface area contributed by atoms with Gasteiger partial charge in [-0.05, 0) is 43.7 Å². The normalized spacial score (nSPS) is 10.5. The quantitative estimate of drug-likeness (QED) is 0.896. The Labute approximate surface area is 131 Å². The van der Waals surface area contributed by atoms with E-state index < -0.39 is 5.82 Å². The number of nitrogens with zero attached hydrogens (tertiary/aromatic N) is 1. The molecule has 0 aliphatic heterocycles. The summed E-state index contributed by atoms with van der Waals surface area (Å²) in [7, 11) is 0. The molecule has 3 nitrogen and oxygen atoms in total. The van der Waals surface area contributed by atoms with E-state index in [4.69, 9.17) is 0 Å². The lowest BCUT2D eigenvalue weighted by Gasteiger charge is -2.23. The third-order valence-electron chi connectivity index (χ3n) is 3.15. The van der Waals surface area contributed by atoms with Crippen molar-refractivity contribution < 1.29 is 14.3 Å². The van der Waals surface area contributed by atoms with Crippen molar-refractivity contribution in [1.29, 1.82) is 0 Å². The topological polar surface area (TPSA) is 40.5 Å². The highest BCUT2D eigenvalue weighted by Gasteiger charge is 2.19. The second-order valence-electron chi connectivity index (χ2n) is 4.68. The van der Waals surface area contributed by atoms with Crippen molar-refractivity contribution in [2.75, 3.05) is 11.4 Å². The zero-order chi connectivity index (χ0) is 15.6. The second-order valence-corrected chi connectivity index (χ2v) is 5.59. The molecule has 0 spiro atoms. The Bertz CT molecular complexity index is 668. The molecule has 0 saturated heterocycles. The van der Waals surface area contributed by atoms with Gasteiger partial charge in [0, 0.05) is 22.6 Å². The van der Waals surface area contributed by atoms with Gasteiger partial charge in [0.25, 0.3) is 5.91 Å². The van der Waals surface area contributed by atoms with Crippen LogP contribution in [0.15, 0.2) is 40.9 Å². The van der Waals surface area contributed by atoms with Crippen LogP contribution in [-0.4, -0.2) is 17.6 Å². The van der Waals surface area contributed by atoms with Crippen LogP contribution in [0.2, 0.25) is 0 Å². The molecule has 0 aromatic heterocycles. The van der Waals surface area contributed by atoms with Crippen LogP contribution in [0.4, 0.5) is 10.1 Å². The lowest BCUT2D eigenvalue weighted by atomic mass is 10.1. The van der Waals surface area contributed by atoms with E-state index in [0.717, 1.165) is 5.56 Å². The number of amides is 1. The molecule has 2 rings (SSSR count). The number of aromatic hydroxyl groups is 1. The Morgan fingerprint density at radius 2 is 2.00 bits per heavy atom. The first-order valence-corrected chi connectivity index (χ1v) is 7.29. The number of anilines is 1. The molecule has 21 heavy (non-hydrogen) atoms. The van der Waals surface area contributed by atoms with E-state index in [1.165, 1.54) is 23.1 Å². The van der Waals surface area contributed by atoms with Crippen LogP contribution >= 0.6 is 15.9 Å². The summed E-state index contributed by atoms with van der Waals surface area (Å²) in [6.45, 7) is 4.10. The number of phenolic OH excluding ortho intramolecular Hbond substituents is 1. The Kier molecular flexibility index (Phi) is 4.63. The van der Waals surface area contributed by atoms with Gasteiger partial charge in [0.1, 0.15) is 11.6 Å². The van der Waals surface area contributed by atoms with E-state index in [0.29, 0.717) is 16.7 Å². The molecule has 1 amide bonds. The van der Waals surface area contributed by atoms with Crippen LogP contribution in [0.25, 0.3) is 0 Å². The standard InChI is InChI=1S/C16H15BrFNO2/c1-3-19(15-9-14(20)5-4-10(15)2)16(21)11-6-12(17)8-13(18)7-11/h4-9,20H,3H2,1-2H3. The molecule has 1 N–H and O–H groups in total. The molecule has 0 aliphatic rings. The minimum atomic E-state index is -0.476.